The standard InChI is InChI=1S/C10H7N3O/c11-6-9-5-4-8(7-13-9)2-1-3-10(12)14/h4-5,7H,3H2,(H2,12,14). The number of carbonyl (C=O) groups is 1. The van der Waals surface area contributed by atoms with Crippen molar-refractivity contribution in [2.75, 3.05) is 0 Å². The highest BCUT2D eigenvalue weighted by Gasteiger charge is 1.91. The van der Waals surface area contributed by atoms with Crippen molar-refractivity contribution in [3.8, 4) is 17.9 Å². The van der Waals surface area contributed by atoms with Gasteiger partial charge in [0.15, 0.2) is 0 Å². The molecule has 1 amide bonds. The molecule has 14 heavy (non-hydrogen) atoms. The summed E-state index contributed by atoms with van der Waals surface area (Å²) in [6.07, 6.45) is 1.51. The highest BCUT2D eigenvalue weighted by Crippen LogP contribution is 1.96. The Morgan fingerprint density at radius 2 is 2.36 bits per heavy atom. The summed E-state index contributed by atoms with van der Waals surface area (Å²) >= 11 is 0. The van der Waals surface area contributed by atoms with Crippen LogP contribution in [0.15, 0.2) is 18.3 Å². The van der Waals surface area contributed by atoms with Crippen LogP contribution in [0.3, 0.4) is 0 Å². The number of nitrogens with zero attached hydrogens (tertiary/aromatic N) is 2. The van der Waals surface area contributed by atoms with E-state index in [4.69, 9.17) is 11.0 Å². The molecule has 0 spiro atoms. The fraction of sp³-hybridized carbons (Fsp3) is 0.100. The van der Waals surface area contributed by atoms with Crippen molar-refractivity contribution >= 4 is 5.91 Å². The van der Waals surface area contributed by atoms with Crippen LogP contribution in [-0.4, -0.2) is 10.9 Å². The van der Waals surface area contributed by atoms with Crippen molar-refractivity contribution in [3.05, 3.63) is 29.6 Å². The third-order valence-electron chi connectivity index (χ3n) is 1.37. The van der Waals surface area contributed by atoms with Crippen LogP contribution in [0.25, 0.3) is 0 Å². The molecule has 0 aliphatic rings. The van der Waals surface area contributed by atoms with Crippen LogP contribution in [0, 0.1) is 23.2 Å². The summed E-state index contributed by atoms with van der Waals surface area (Å²) in [7, 11) is 0. The number of hydrogen-bond acceptors (Lipinski definition) is 3. The van der Waals surface area contributed by atoms with Gasteiger partial charge in [0.1, 0.15) is 11.8 Å². The first-order valence-electron chi connectivity index (χ1n) is 3.85. The molecule has 2 N–H and O–H groups in total. The predicted molar refractivity (Wildman–Crippen MR) is 49.6 cm³/mol. The van der Waals surface area contributed by atoms with Gasteiger partial charge in [-0.3, -0.25) is 4.79 Å². The molecular weight excluding hydrogens is 178 g/mol. The van der Waals surface area contributed by atoms with Crippen LogP contribution in [0.1, 0.15) is 17.7 Å². The molecule has 0 atom stereocenters. The number of hydrogen-bond donors (Lipinski definition) is 1. The molecular formula is C10H7N3O. The van der Waals surface area contributed by atoms with Gasteiger partial charge in [-0.1, -0.05) is 11.8 Å². The maximum atomic E-state index is 10.4. The zero-order chi connectivity index (χ0) is 10.4. The second-order valence-electron chi connectivity index (χ2n) is 2.49. The SMILES string of the molecule is N#Cc1ccc(C#CCC(N)=O)cn1. The monoisotopic (exact) mass is 185 g/mol. The van der Waals surface area contributed by atoms with E-state index in [2.05, 4.69) is 16.8 Å². The Morgan fingerprint density at radius 1 is 1.57 bits per heavy atom. The van der Waals surface area contributed by atoms with Crippen molar-refractivity contribution in [2.24, 2.45) is 5.73 Å². The molecule has 1 heterocycles. The fourth-order valence-electron chi connectivity index (χ4n) is 0.767. The van der Waals surface area contributed by atoms with Gasteiger partial charge in [-0.05, 0) is 12.1 Å². The molecule has 0 fully saturated rings. The molecule has 68 valence electrons. The smallest absolute Gasteiger partial charge is 0.229 e. The van der Waals surface area contributed by atoms with Crippen LogP contribution in [-0.2, 0) is 4.79 Å². The molecule has 0 saturated carbocycles. The molecule has 0 saturated heterocycles. The van der Waals surface area contributed by atoms with E-state index in [-0.39, 0.29) is 6.42 Å². The first-order chi connectivity index (χ1) is 6.72. The topological polar surface area (TPSA) is 79.8 Å². The Kier molecular flexibility index (Phi) is 3.23. The predicted octanol–water partition coefficient (Wildman–Crippen LogP) is 0.180. The lowest BCUT2D eigenvalue weighted by Crippen LogP contribution is -2.08. The third-order valence-corrected chi connectivity index (χ3v) is 1.37. The molecule has 0 bridgehead atoms. The van der Waals surface area contributed by atoms with Crippen molar-refractivity contribution < 1.29 is 4.79 Å². The number of primary amides is 1. The van der Waals surface area contributed by atoms with Gasteiger partial charge in [-0.15, -0.1) is 0 Å². The molecule has 0 aromatic carbocycles. The number of amides is 1. The van der Waals surface area contributed by atoms with Gasteiger partial charge in [-0.2, -0.15) is 5.26 Å². The number of carbonyl (C=O) groups excluding carboxylic acids is 1. The van der Waals surface area contributed by atoms with E-state index in [0.717, 1.165) is 0 Å². The summed E-state index contributed by atoms with van der Waals surface area (Å²) in [5.41, 5.74) is 5.90. The third kappa shape index (κ3) is 2.96. The first kappa shape index (κ1) is 9.76. The van der Waals surface area contributed by atoms with E-state index >= 15 is 0 Å². The van der Waals surface area contributed by atoms with Crippen molar-refractivity contribution in [3.63, 3.8) is 0 Å². The molecule has 4 heteroatoms. The van der Waals surface area contributed by atoms with Gasteiger partial charge in [0.05, 0.1) is 6.42 Å². The Balaban J connectivity index is 2.73. The number of nitriles is 1. The minimum Gasteiger partial charge on any atom is -0.369 e. The fourth-order valence-corrected chi connectivity index (χ4v) is 0.767. The zero-order valence-electron chi connectivity index (χ0n) is 7.32. The minimum absolute atomic E-state index is 0.0278. The molecule has 4 nitrogen and oxygen atoms in total. The average molecular weight is 185 g/mol. The van der Waals surface area contributed by atoms with Crippen LogP contribution >= 0.6 is 0 Å². The van der Waals surface area contributed by atoms with Gasteiger partial charge in [0, 0.05) is 11.8 Å². The Labute approximate surface area is 81.4 Å². The number of pyridine rings is 1. The van der Waals surface area contributed by atoms with E-state index in [1.165, 1.54) is 6.20 Å². The highest BCUT2D eigenvalue weighted by atomic mass is 16.1. The zero-order valence-corrected chi connectivity index (χ0v) is 7.32. The molecule has 1 aromatic rings. The van der Waals surface area contributed by atoms with Gasteiger partial charge >= 0.3 is 0 Å². The van der Waals surface area contributed by atoms with Gasteiger partial charge in [0.2, 0.25) is 5.91 Å². The van der Waals surface area contributed by atoms with E-state index in [1.54, 1.807) is 12.1 Å². The summed E-state index contributed by atoms with van der Waals surface area (Å²) in [6, 6.07) is 5.13. The second kappa shape index (κ2) is 4.64. The maximum absolute atomic E-state index is 10.4. The van der Waals surface area contributed by atoms with E-state index < -0.39 is 5.91 Å². The van der Waals surface area contributed by atoms with E-state index in [9.17, 15) is 4.79 Å². The normalized spacial score (nSPS) is 8.21. The van der Waals surface area contributed by atoms with Crippen molar-refractivity contribution in [1.29, 1.82) is 5.26 Å². The summed E-state index contributed by atoms with van der Waals surface area (Å²) in [5.74, 6) is 4.84. The summed E-state index contributed by atoms with van der Waals surface area (Å²) in [6.45, 7) is 0. The number of nitrogens with two attached hydrogens (primary N) is 1. The van der Waals surface area contributed by atoms with Crippen molar-refractivity contribution in [2.45, 2.75) is 6.42 Å². The lowest BCUT2D eigenvalue weighted by Gasteiger charge is -1.88. The quantitative estimate of drug-likeness (QED) is 0.634. The maximum Gasteiger partial charge on any atom is 0.229 e. The summed E-state index contributed by atoms with van der Waals surface area (Å²) < 4.78 is 0. The Bertz CT molecular complexity index is 431. The van der Waals surface area contributed by atoms with Crippen LogP contribution < -0.4 is 5.73 Å². The first-order valence-corrected chi connectivity index (χ1v) is 3.85. The van der Waals surface area contributed by atoms with Crippen LogP contribution in [0.5, 0.6) is 0 Å². The largest absolute Gasteiger partial charge is 0.369 e. The molecule has 0 radical (unpaired) electrons. The van der Waals surface area contributed by atoms with Gasteiger partial charge < -0.3 is 5.73 Å². The average Bonchev–Trinajstić information content (AvgIpc) is 2.18. The van der Waals surface area contributed by atoms with Crippen LogP contribution in [0.4, 0.5) is 0 Å². The number of aromatic nitrogens is 1. The molecule has 0 aliphatic carbocycles. The van der Waals surface area contributed by atoms with E-state index in [1.807, 2.05) is 6.07 Å². The van der Waals surface area contributed by atoms with Crippen LogP contribution in [0.2, 0.25) is 0 Å². The van der Waals surface area contributed by atoms with Crippen molar-refractivity contribution in [1.82, 2.24) is 4.98 Å². The lowest BCUT2D eigenvalue weighted by molar-refractivity contribution is -0.117. The molecule has 1 rings (SSSR count). The van der Waals surface area contributed by atoms with E-state index in [0.29, 0.717) is 11.3 Å². The molecule has 0 unspecified atom stereocenters. The Hall–Kier alpha value is -2.33. The summed E-state index contributed by atoms with van der Waals surface area (Å²) in [4.78, 5) is 14.2. The minimum atomic E-state index is -0.459. The second-order valence-corrected chi connectivity index (χ2v) is 2.49. The summed E-state index contributed by atoms with van der Waals surface area (Å²) in [5, 5.41) is 8.47. The van der Waals surface area contributed by atoms with Gasteiger partial charge in [-0.25, -0.2) is 4.98 Å². The lowest BCUT2D eigenvalue weighted by atomic mass is 10.2. The Morgan fingerprint density at radius 3 is 2.86 bits per heavy atom. The molecule has 1 aromatic heterocycles. The van der Waals surface area contributed by atoms with Gasteiger partial charge in [0.25, 0.3) is 0 Å². The molecule has 0 aliphatic heterocycles. The number of rotatable bonds is 1. The highest BCUT2D eigenvalue weighted by molar-refractivity contribution is 5.76.